The molecule has 4 nitrogen and oxygen atoms in total. The van der Waals surface area contributed by atoms with Crippen LogP contribution < -0.4 is 4.74 Å². The first kappa shape index (κ1) is 14.9. The number of carbonyl (C=O) groups excluding carboxylic acids is 1. The zero-order chi connectivity index (χ0) is 14.7. The Labute approximate surface area is 127 Å². The molecule has 0 aromatic heterocycles. The van der Waals surface area contributed by atoms with Gasteiger partial charge in [-0.25, -0.2) is 0 Å². The zero-order valence-corrected chi connectivity index (χ0v) is 12.9. The van der Waals surface area contributed by atoms with Gasteiger partial charge in [0.15, 0.2) is 11.5 Å². The summed E-state index contributed by atoms with van der Waals surface area (Å²) < 4.78 is 5.64. The van der Waals surface area contributed by atoms with Gasteiger partial charge in [0.2, 0.25) is 0 Å². The minimum atomic E-state index is -0.0612. The van der Waals surface area contributed by atoms with E-state index in [4.69, 9.17) is 17.0 Å². The lowest BCUT2D eigenvalue weighted by Gasteiger charge is -2.11. The summed E-state index contributed by atoms with van der Waals surface area (Å²) in [5, 5.41) is 9.56. The van der Waals surface area contributed by atoms with Crippen molar-refractivity contribution in [1.82, 2.24) is 4.90 Å². The fraction of sp³-hybridized carbons (Fsp3) is 0.286. The average molecular weight is 309 g/mol. The molecule has 1 fully saturated rings. The number of thiocarbonyl (C=S) groups is 1. The monoisotopic (exact) mass is 309 g/mol. The second kappa shape index (κ2) is 6.28. The normalized spacial score (nSPS) is 17.1. The van der Waals surface area contributed by atoms with Gasteiger partial charge in [-0.2, -0.15) is 0 Å². The summed E-state index contributed by atoms with van der Waals surface area (Å²) in [6.07, 6.45) is 2.63. The first-order chi connectivity index (χ1) is 9.56. The third-order valence-corrected chi connectivity index (χ3v) is 4.20. The summed E-state index contributed by atoms with van der Waals surface area (Å²) in [5.41, 5.74) is 0.789. The number of phenolic OH excluding ortho intramolecular Hbond substituents is 1. The lowest BCUT2D eigenvalue weighted by Crippen LogP contribution is -2.28. The minimum Gasteiger partial charge on any atom is -0.504 e. The molecular weight excluding hydrogens is 294 g/mol. The average Bonchev–Trinajstić information content (AvgIpc) is 2.69. The van der Waals surface area contributed by atoms with E-state index in [0.717, 1.165) is 12.0 Å². The number of carbonyl (C=O) groups is 1. The number of aromatic hydroxyl groups is 1. The summed E-state index contributed by atoms with van der Waals surface area (Å²) in [7, 11) is 1.49. The molecule has 1 aromatic carbocycles. The molecule has 0 bridgehead atoms. The number of rotatable bonds is 4. The molecule has 1 aliphatic heterocycles. The van der Waals surface area contributed by atoms with Crippen LogP contribution in [0.2, 0.25) is 0 Å². The van der Waals surface area contributed by atoms with Crippen molar-refractivity contribution in [2.75, 3.05) is 13.7 Å². The van der Waals surface area contributed by atoms with Crippen molar-refractivity contribution in [3.63, 3.8) is 0 Å². The van der Waals surface area contributed by atoms with Gasteiger partial charge in [-0.1, -0.05) is 37.0 Å². The molecule has 0 radical (unpaired) electrons. The molecule has 1 N–H and O–H groups in total. The first-order valence-electron chi connectivity index (χ1n) is 6.19. The molecule has 1 heterocycles. The van der Waals surface area contributed by atoms with E-state index in [9.17, 15) is 9.90 Å². The van der Waals surface area contributed by atoms with E-state index in [2.05, 4.69) is 0 Å². The molecule has 0 unspecified atom stereocenters. The fourth-order valence-corrected chi connectivity index (χ4v) is 3.16. The van der Waals surface area contributed by atoms with Crippen molar-refractivity contribution < 1.29 is 14.6 Å². The Kier molecular flexibility index (Phi) is 4.67. The van der Waals surface area contributed by atoms with Gasteiger partial charge in [-0.3, -0.25) is 9.69 Å². The molecule has 20 heavy (non-hydrogen) atoms. The molecule has 0 atom stereocenters. The molecule has 1 saturated heterocycles. The van der Waals surface area contributed by atoms with Crippen molar-refractivity contribution >= 4 is 40.3 Å². The van der Waals surface area contributed by atoms with Gasteiger partial charge in [-0.05, 0) is 30.2 Å². The number of phenols is 1. The maximum atomic E-state index is 12.2. The maximum Gasteiger partial charge on any atom is 0.266 e. The van der Waals surface area contributed by atoms with Crippen LogP contribution >= 0.6 is 24.0 Å². The van der Waals surface area contributed by atoms with Crippen molar-refractivity contribution in [1.29, 1.82) is 0 Å². The van der Waals surface area contributed by atoms with Crippen LogP contribution in [-0.4, -0.2) is 33.9 Å². The van der Waals surface area contributed by atoms with Gasteiger partial charge in [0.05, 0.1) is 12.0 Å². The molecular formula is C14H15NO3S2. The largest absolute Gasteiger partial charge is 0.504 e. The van der Waals surface area contributed by atoms with E-state index in [1.165, 1.54) is 24.9 Å². The molecule has 0 spiro atoms. The molecule has 2 rings (SSSR count). The van der Waals surface area contributed by atoms with Crippen LogP contribution in [0.5, 0.6) is 11.5 Å². The zero-order valence-electron chi connectivity index (χ0n) is 11.3. The number of thioether (sulfide) groups is 1. The van der Waals surface area contributed by atoms with E-state index in [1.807, 2.05) is 6.92 Å². The van der Waals surface area contributed by atoms with Crippen LogP contribution in [-0.2, 0) is 4.79 Å². The number of methoxy groups -OCH3 is 1. The number of nitrogens with zero attached hydrogens (tertiary/aromatic N) is 1. The Hall–Kier alpha value is -1.53. The second-order valence-corrected chi connectivity index (χ2v) is 5.94. The van der Waals surface area contributed by atoms with E-state index in [1.54, 1.807) is 23.1 Å². The summed E-state index contributed by atoms with van der Waals surface area (Å²) in [6, 6.07) is 4.95. The summed E-state index contributed by atoms with van der Waals surface area (Å²) in [4.78, 5) is 14.4. The van der Waals surface area contributed by atoms with Gasteiger partial charge in [0.1, 0.15) is 4.32 Å². The SMILES string of the molecule is CCCN1C(=O)C(=Cc2ccc(O)c(OC)c2)SC1=S. The number of benzene rings is 1. The van der Waals surface area contributed by atoms with Gasteiger partial charge < -0.3 is 9.84 Å². The van der Waals surface area contributed by atoms with Crippen molar-refractivity contribution in [3.05, 3.63) is 28.7 Å². The van der Waals surface area contributed by atoms with Crippen molar-refractivity contribution in [2.24, 2.45) is 0 Å². The number of ether oxygens (including phenoxy) is 1. The lowest BCUT2D eigenvalue weighted by molar-refractivity contribution is -0.122. The van der Waals surface area contributed by atoms with Crippen LogP contribution in [0.1, 0.15) is 18.9 Å². The highest BCUT2D eigenvalue weighted by Gasteiger charge is 2.31. The predicted molar refractivity (Wildman–Crippen MR) is 84.8 cm³/mol. The number of hydrogen-bond donors (Lipinski definition) is 1. The molecule has 1 aliphatic rings. The highest BCUT2D eigenvalue weighted by Crippen LogP contribution is 2.34. The van der Waals surface area contributed by atoms with Crippen LogP contribution in [0.4, 0.5) is 0 Å². The molecule has 1 aromatic rings. The Morgan fingerprint density at radius 2 is 2.25 bits per heavy atom. The predicted octanol–water partition coefficient (Wildman–Crippen LogP) is 3.01. The molecule has 106 valence electrons. The van der Waals surface area contributed by atoms with Gasteiger partial charge in [-0.15, -0.1) is 0 Å². The maximum absolute atomic E-state index is 12.2. The topological polar surface area (TPSA) is 49.8 Å². The van der Waals surface area contributed by atoms with Crippen LogP contribution in [0, 0.1) is 0 Å². The van der Waals surface area contributed by atoms with Crippen LogP contribution in [0.25, 0.3) is 6.08 Å². The minimum absolute atomic E-state index is 0.0612. The second-order valence-electron chi connectivity index (χ2n) is 4.26. The van der Waals surface area contributed by atoms with E-state index in [-0.39, 0.29) is 11.7 Å². The Morgan fingerprint density at radius 1 is 1.50 bits per heavy atom. The summed E-state index contributed by atoms with van der Waals surface area (Å²) >= 11 is 6.51. The quantitative estimate of drug-likeness (QED) is 0.684. The van der Waals surface area contributed by atoms with E-state index >= 15 is 0 Å². The highest BCUT2D eigenvalue weighted by atomic mass is 32.2. The Bertz CT molecular complexity index is 584. The molecule has 0 saturated carbocycles. The third-order valence-electron chi connectivity index (χ3n) is 2.82. The Balaban J connectivity index is 2.28. The van der Waals surface area contributed by atoms with Crippen LogP contribution in [0.3, 0.4) is 0 Å². The van der Waals surface area contributed by atoms with Crippen molar-refractivity contribution in [3.8, 4) is 11.5 Å². The van der Waals surface area contributed by atoms with Gasteiger partial charge in [0, 0.05) is 6.54 Å². The lowest BCUT2D eigenvalue weighted by atomic mass is 10.2. The first-order valence-corrected chi connectivity index (χ1v) is 7.41. The van der Waals surface area contributed by atoms with Gasteiger partial charge >= 0.3 is 0 Å². The highest BCUT2D eigenvalue weighted by molar-refractivity contribution is 8.26. The molecule has 1 amide bonds. The Morgan fingerprint density at radius 3 is 2.90 bits per heavy atom. The smallest absolute Gasteiger partial charge is 0.266 e. The molecule has 6 heteroatoms. The number of amides is 1. The molecule has 0 aliphatic carbocycles. The summed E-state index contributed by atoms with van der Waals surface area (Å²) in [5.74, 6) is 0.389. The van der Waals surface area contributed by atoms with Gasteiger partial charge in [0.25, 0.3) is 5.91 Å². The fourth-order valence-electron chi connectivity index (χ4n) is 1.85. The number of hydrogen-bond acceptors (Lipinski definition) is 5. The van der Waals surface area contributed by atoms with E-state index in [0.29, 0.717) is 21.5 Å². The third kappa shape index (κ3) is 2.96. The standard InChI is InChI=1S/C14H15NO3S2/c1-3-6-15-13(17)12(20-14(15)19)8-9-4-5-10(16)11(7-9)18-2/h4-5,7-8,16H,3,6H2,1-2H3. The summed E-state index contributed by atoms with van der Waals surface area (Å²) in [6.45, 7) is 2.65. The van der Waals surface area contributed by atoms with E-state index < -0.39 is 0 Å². The van der Waals surface area contributed by atoms with Crippen LogP contribution in [0.15, 0.2) is 23.1 Å². The van der Waals surface area contributed by atoms with Crippen molar-refractivity contribution in [2.45, 2.75) is 13.3 Å².